The number of hydrogen-bond acceptors (Lipinski definition) is 7. The van der Waals surface area contributed by atoms with E-state index in [9.17, 15) is 14.4 Å². The third-order valence-corrected chi connectivity index (χ3v) is 9.47. The van der Waals surface area contributed by atoms with Crippen LogP contribution in [0, 0.1) is 17.3 Å². The lowest BCUT2D eigenvalue weighted by Crippen LogP contribution is -2.57. The molecule has 2 amide bonds. The number of nitrogens with one attached hydrogen (secondary N) is 1. The van der Waals surface area contributed by atoms with Gasteiger partial charge in [0.1, 0.15) is 24.0 Å². The highest BCUT2D eigenvalue weighted by molar-refractivity contribution is 5.92. The van der Waals surface area contributed by atoms with E-state index in [1.165, 1.54) is 25.0 Å². The first-order valence-electron chi connectivity index (χ1n) is 16.0. The molecule has 2 aliphatic heterocycles. The van der Waals surface area contributed by atoms with Crippen molar-refractivity contribution < 1.29 is 37.4 Å². The molecule has 6 atom stereocenters. The average molecular weight is 630 g/mol. The van der Waals surface area contributed by atoms with Crippen LogP contribution in [0.4, 0.5) is 13.6 Å². The summed E-state index contributed by atoms with van der Waals surface area (Å²) in [5, 5.41) is 3.31. The summed E-state index contributed by atoms with van der Waals surface area (Å²) in [5.74, 6) is -3.92. The fraction of sp³-hybridized carbons (Fsp3) is 0.647. The van der Waals surface area contributed by atoms with Crippen molar-refractivity contribution in [3.8, 4) is 11.6 Å². The number of fused-ring (bicyclic) bond motifs is 5. The van der Waals surface area contributed by atoms with Crippen molar-refractivity contribution in [3.05, 3.63) is 29.8 Å². The summed E-state index contributed by atoms with van der Waals surface area (Å²) in [6, 6.07) is 4.63. The smallest absolute Gasteiger partial charge is 0.408 e. The summed E-state index contributed by atoms with van der Waals surface area (Å²) in [6.07, 6.45) is 1.48. The average Bonchev–Trinajstić information content (AvgIpc) is 3.59. The Bertz CT molecular complexity index is 1440. The Balaban J connectivity index is 1.58. The molecule has 246 valence electrons. The molecule has 1 aromatic heterocycles. The number of benzene rings is 1. The third kappa shape index (κ3) is 7.02. The van der Waals surface area contributed by atoms with Gasteiger partial charge in [-0.2, -0.15) is 0 Å². The molecule has 1 saturated carbocycles. The molecule has 3 aliphatic rings. The normalized spacial score (nSPS) is 29.2. The van der Waals surface area contributed by atoms with Crippen LogP contribution in [0.1, 0.15) is 85.1 Å². The van der Waals surface area contributed by atoms with Gasteiger partial charge in [-0.3, -0.25) is 9.59 Å². The number of nitrogens with zero attached hydrogens (tertiary/aromatic N) is 2. The highest BCUT2D eigenvalue weighted by atomic mass is 19.3. The maximum Gasteiger partial charge on any atom is 0.408 e. The van der Waals surface area contributed by atoms with E-state index in [1.807, 2.05) is 27.7 Å². The van der Waals surface area contributed by atoms with Gasteiger partial charge in [-0.05, 0) is 62.1 Å². The van der Waals surface area contributed by atoms with E-state index in [0.717, 1.165) is 12.8 Å². The maximum absolute atomic E-state index is 16.0. The van der Waals surface area contributed by atoms with E-state index in [4.69, 9.17) is 14.2 Å². The molecule has 9 nitrogen and oxygen atoms in total. The number of rotatable bonds is 3. The summed E-state index contributed by atoms with van der Waals surface area (Å²) in [6.45, 7) is 8.75. The molecule has 45 heavy (non-hydrogen) atoms. The topological polar surface area (TPSA) is 107 Å². The van der Waals surface area contributed by atoms with Crippen molar-refractivity contribution in [2.75, 3.05) is 13.7 Å². The summed E-state index contributed by atoms with van der Waals surface area (Å²) < 4.78 is 49.4. The lowest BCUT2D eigenvalue weighted by molar-refractivity contribution is -0.141. The zero-order chi connectivity index (χ0) is 32.7. The first-order valence-corrected chi connectivity index (χ1v) is 16.0. The van der Waals surface area contributed by atoms with Crippen LogP contribution in [0.2, 0.25) is 0 Å². The minimum Gasteiger partial charge on any atom is -0.497 e. The van der Waals surface area contributed by atoms with Crippen LogP contribution in [0.25, 0.3) is 10.9 Å². The monoisotopic (exact) mass is 629 g/mol. The van der Waals surface area contributed by atoms with E-state index in [2.05, 4.69) is 10.3 Å². The zero-order valence-electron chi connectivity index (χ0n) is 27.0. The Hall–Kier alpha value is -3.50. The van der Waals surface area contributed by atoms with E-state index in [-0.39, 0.29) is 42.2 Å². The first-order chi connectivity index (χ1) is 21.2. The van der Waals surface area contributed by atoms with Crippen molar-refractivity contribution in [2.45, 2.75) is 110 Å². The van der Waals surface area contributed by atoms with Gasteiger partial charge in [0.25, 0.3) is 5.92 Å². The molecule has 1 aliphatic carbocycles. The lowest BCUT2D eigenvalue weighted by atomic mass is 9.85. The van der Waals surface area contributed by atoms with Crippen molar-refractivity contribution in [1.29, 1.82) is 0 Å². The summed E-state index contributed by atoms with van der Waals surface area (Å²) in [5.41, 5.74) is -0.597. The third-order valence-electron chi connectivity index (χ3n) is 9.47. The number of alkyl carbamates (subject to hydrolysis) is 1. The molecule has 1 N–H and O–H groups in total. The minimum absolute atomic E-state index is 0.0293. The van der Waals surface area contributed by atoms with Crippen LogP contribution in [-0.2, 0) is 20.2 Å². The van der Waals surface area contributed by atoms with Gasteiger partial charge in [0.15, 0.2) is 5.78 Å². The molecule has 0 spiro atoms. The SMILES string of the molecule is CC[C@@H]1[C@@H]2CN(C(=O)[C@H](C(C)(C)C)NC(=O)O[C@H]3CC3CCCCCC(F)(F)c3cc4ccc(OC)cc4nc3O2)[C@@H]1C(C)=O. The molecule has 0 radical (unpaired) electrons. The number of alkyl halides is 2. The number of methoxy groups -OCH3 is 1. The van der Waals surface area contributed by atoms with Crippen LogP contribution >= 0.6 is 0 Å². The number of carbonyl (C=O) groups excluding carboxylic acids is 3. The molecule has 2 fully saturated rings. The van der Waals surface area contributed by atoms with Crippen LogP contribution < -0.4 is 14.8 Å². The van der Waals surface area contributed by atoms with Gasteiger partial charge in [-0.1, -0.05) is 40.5 Å². The second-order valence-electron chi connectivity index (χ2n) is 13.9. The van der Waals surface area contributed by atoms with Gasteiger partial charge in [-0.25, -0.2) is 18.6 Å². The number of halogens is 2. The molecular formula is C34H45F2N3O6. The van der Waals surface area contributed by atoms with Crippen molar-refractivity contribution >= 4 is 28.7 Å². The Morgan fingerprint density at radius 1 is 1.13 bits per heavy atom. The highest BCUT2D eigenvalue weighted by Gasteiger charge is 2.51. The second kappa shape index (κ2) is 12.7. The zero-order valence-corrected chi connectivity index (χ0v) is 27.0. The molecule has 1 aromatic carbocycles. The second-order valence-corrected chi connectivity index (χ2v) is 13.9. The summed E-state index contributed by atoms with van der Waals surface area (Å²) in [4.78, 5) is 46.3. The standard InChI is InChI=1S/C34H45F2N3O6/c1-7-23-27-18-39(28(23)19(2)40)31(41)29(33(3,4)5)38-32(42)45-26-16-21(26)11-9-8-10-14-34(35,36)24-15-20-12-13-22(43-6)17-25(20)37-30(24)44-27/h12-13,15,17,21,23,26-29H,7-11,14,16,18H2,1-6H3,(H,38,42)/t21?,23-,26+,27+,28-,29-/m1/s1. The predicted octanol–water partition coefficient (Wildman–Crippen LogP) is 6.40. The largest absolute Gasteiger partial charge is 0.497 e. The van der Waals surface area contributed by atoms with Crippen LogP contribution in [-0.4, -0.2) is 65.6 Å². The van der Waals surface area contributed by atoms with Crippen LogP contribution in [0.3, 0.4) is 0 Å². The number of pyridine rings is 1. The molecule has 5 rings (SSSR count). The number of carbonyl (C=O) groups is 3. The van der Waals surface area contributed by atoms with E-state index in [1.54, 1.807) is 18.2 Å². The Labute approximate surface area is 263 Å². The van der Waals surface area contributed by atoms with Gasteiger partial charge in [0, 0.05) is 23.8 Å². The Kier molecular flexibility index (Phi) is 9.29. The van der Waals surface area contributed by atoms with Crippen LogP contribution in [0.15, 0.2) is 24.3 Å². The number of ether oxygens (including phenoxy) is 3. The van der Waals surface area contributed by atoms with Crippen molar-refractivity contribution in [3.63, 3.8) is 0 Å². The van der Waals surface area contributed by atoms with E-state index < -0.39 is 47.4 Å². The quantitative estimate of drug-likeness (QED) is 0.419. The molecule has 1 saturated heterocycles. The molecule has 11 heteroatoms. The molecule has 1 unspecified atom stereocenters. The van der Waals surface area contributed by atoms with Gasteiger partial charge in [0.2, 0.25) is 11.8 Å². The van der Waals surface area contributed by atoms with Crippen molar-refractivity contribution in [1.82, 2.24) is 15.2 Å². The molecular weight excluding hydrogens is 584 g/mol. The summed E-state index contributed by atoms with van der Waals surface area (Å²) >= 11 is 0. The van der Waals surface area contributed by atoms with Crippen LogP contribution in [0.5, 0.6) is 11.6 Å². The Morgan fingerprint density at radius 3 is 2.56 bits per heavy atom. The number of aromatic nitrogens is 1. The van der Waals surface area contributed by atoms with Gasteiger partial charge >= 0.3 is 6.09 Å². The number of Topliss-reactive ketones (excluding diaryl/α,β-unsaturated/α-hetero) is 1. The van der Waals surface area contributed by atoms with Gasteiger partial charge in [0.05, 0.1) is 30.8 Å². The Morgan fingerprint density at radius 2 is 1.89 bits per heavy atom. The van der Waals surface area contributed by atoms with E-state index >= 15 is 8.78 Å². The van der Waals surface area contributed by atoms with Crippen molar-refractivity contribution in [2.24, 2.45) is 17.3 Å². The fourth-order valence-corrected chi connectivity index (χ4v) is 6.82. The van der Waals surface area contributed by atoms with Gasteiger partial charge < -0.3 is 24.4 Å². The summed E-state index contributed by atoms with van der Waals surface area (Å²) in [7, 11) is 1.52. The molecule has 2 aromatic rings. The lowest BCUT2D eigenvalue weighted by Gasteiger charge is -2.35. The fourth-order valence-electron chi connectivity index (χ4n) is 6.82. The van der Waals surface area contributed by atoms with Gasteiger partial charge in [-0.15, -0.1) is 0 Å². The maximum atomic E-state index is 16.0. The first kappa shape index (κ1) is 32.9. The molecule has 2 bridgehead atoms. The highest BCUT2D eigenvalue weighted by Crippen LogP contribution is 2.43. The number of ketones is 1. The number of hydrogen-bond donors (Lipinski definition) is 1. The predicted molar refractivity (Wildman–Crippen MR) is 164 cm³/mol. The van der Waals surface area contributed by atoms with E-state index in [0.29, 0.717) is 42.3 Å². The molecule has 3 heterocycles. The minimum atomic E-state index is -3.23. The number of amides is 2.